The first-order valence-corrected chi connectivity index (χ1v) is 6.76. The Bertz CT molecular complexity index is 374. The maximum absolute atomic E-state index is 12.8. The lowest BCUT2D eigenvalue weighted by molar-refractivity contribution is 0.480. The van der Waals surface area contributed by atoms with Crippen LogP contribution in [0.1, 0.15) is 31.2 Å². The molecule has 2 N–H and O–H groups in total. The van der Waals surface area contributed by atoms with Crippen LogP contribution in [0.3, 0.4) is 0 Å². The lowest BCUT2D eigenvalue weighted by atomic mass is 10.0. The molecule has 0 amide bonds. The molecule has 0 aromatic heterocycles. The number of rotatable bonds is 3. The fourth-order valence-corrected chi connectivity index (χ4v) is 3.71. The van der Waals surface area contributed by atoms with Crippen LogP contribution in [0.25, 0.3) is 0 Å². The van der Waals surface area contributed by atoms with Gasteiger partial charge < -0.3 is 5.73 Å². The van der Waals surface area contributed by atoms with Crippen molar-refractivity contribution in [3.63, 3.8) is 0 Å². The number of halogens is 1. The van der Waals surface area contributed by atoms with Gasteiger partial charge in [0.05, 0.1) is 0 Å². The lowest BCUT2D eigenvalue weighted by Gasteiger charge is -2.11. The molecule has 3 atom stereocenters. The second kappa shape index (κ2) is 4.41. The Morgan fingerprint density at radius 2 is 1.71 bits per heavy atom. The molecule has 2 aliphatic rings. The minimum absolute atomic E-state index is 0.164. The van der Waals surface area contributed by atoms with Crippen molar-refractivity contribution < 1.29 is 4.39 Å². The van der Waals surface area contributed by atoms with Crippen LogP contribution in [0, 0.1) is 23.6 Å². The zero-order valence-electron chi connectivity index (χ0n) is 10.1. The van der Waals surface area contributed by atoms with Crippen molar-refractivity contribution in [2.45, 2.75) is 38.1 Å². The molecule has 0 saturated heterocycles. The number of hydrogen-bond acceptors (Lipinski definition) is 1. The summed E-state index contributed by atoms with van der Waals surface area (Å²) in [6.07, 6.45) is 6.44. The van der Waals surface area contributed by atoms with Crippen molar-refractivity contribution in [3.8, 4) is 0 Å². The number of nitrogens with two attached hydrogens (primary N) is 1. The summed E-state index contributed by atoms with van der Waals surface area (Å²) in [5.41, 5.74) is 7.48. The zero-order valence-corrected chi connectivity index (χ0v) is 10.1. The van der Waals surface area contributed by atoms with E-state index in [4.69, 9.17) is 5.73 Å². The summed E-state index contributed by atoms with van der Waals surface area (Å²) < 4.78 is 12.8. The van der Waals surface area contributed by atoms with Crippen LogP contribution < -0.4 is 5.73 Å². The summed E-state index contributed by atoms with van der Waals surface area (Å²) in [5, 5.41) is 0. The van der Waals surface area contributed by atoms with E-state index < -0.39 is 0 Å². The Balaban J connectivity index is 1.60. The third kappa shape index (κ3) is 2.23. The monoisotopic (exact) mass is 233 g/mol. The van der Waals surface area contributed by atoms with E-state index in [-0.39, 0.29) is 11.9 Å². The van der Waals surface area contributed by atoms with E-state index in [2.05, 4.69) is 0 Å². The lowest BCUT2D eigenvalue weighted by Crippen LogP contribution is -2.26. The first-order valence-electron chi connectivity index (χ1n) is 6.76. The van der Waals surface area contributed by atoms with E-state index in [9.17, 15) is 4.39 Å². The molecule has 0 aliphatic heterocycles. The van der Waals surface area contributed by atoms with Crippen molar-refractivity contribution in [1.82, 2.24) is 0 Å². The number of fused-ring (bicyclic) bond motifs is 1. The van der Waals surface area contributed by atoms with Crippen LogP contribution in [0.4, 0.5) is 4.39 Å². The second-order valence-electron chi connectivity index (χ2n) is 5.68. The SMILES string of the molecule is NC(Cc1ccc(F)cc1)C1C2CCCCC21. The predicted molar refractivity (Wildman–Crippen MR) is 67.0 cm³/mol. The van der Waals surface area contributed by atoms with Gasteiger partial charge in [0, 0.05) is 6.04 Å². The molecule has 0 bridgehead atoms. The van der Waals surface area contributed by atoms with E-state index in [0.29, 0.717) is 0 Å². The minimum atomic E-state index is -0.164. The molecule has 3 rings (SSSR count). The fourth-order valence-electron chi connectivity index (χ4n) is 3.71. The van der Waals surface area contributed by atoms with Crippen molar-refractivity contribution in [3.05, 3.63) is 35.6 Å². The van der Waals surface area contributed by atoms with Crippen LogP contribution in [-0.2, 0) is 6.42 Å². The normalized spacial score (nSPS) is 32.9. The van der Waals surface area contributed by atoms with Gasteiger partial charge in [0.15, 0.2) is 0 Å². The van der Waals surface area contributed by atoms with Gasteiger partial charge in [0.25, 0.3) is 0 Å². The molecule has 3 unspecified atom stereocenters. The van der Waals surface area contributed by atoms with Crippen molar-refractivity contribution in [2.24, 2.45) is 23.5 Å². The summed E-state index contributed by atoms with van der Waals surface area (Å²) >= 11 is 0. The predicted octanol–water partition coefficient (Wildman–Crippen LogP) is 3.13. The van der Waals surface area contributed by atoms with Crippen LogP contribution in [0.5, 0.6) is 0 Å². The number of hydrogen-bond donors (Lipinski definition) is 1. The molecule has 0 heterocycles. The summed E-state index contributed by atoms with van der Waals surface area (Å²) in [7, 11) is 0. The fraction of sp³-hybridized carbons (Fsp3) is 0.600. The van der Waals surface area contributed by atoms with E-state index in [1.54, 1.807) is 0 Å². The maximum Gasteiger partial charge on any atom is 0.123 e. The molecule has 2 saturated carbocycles. The summed E-state index contributed by atoms with van der Waals surface area (Å²) in [4.78, 5) is 0. The highest BCUT2D eigenvalue weighted by Gasteiger charge is 2.52. The molecule has 92 valence electrons. The van der Waals surface area contributed by atoms with E-state index >= 15 is 0 Å². The molecule has 17 heavy (non-hydrogen) atoms. The van der Waals surface area contributed by atoms with E-state index in [0.717, 1.165) is 24.2 Å². The van der Waals surface area contributed by atoms with Gasteiger partial charge >= 0.3 is 0 Å². The quantitative estimate of drug-likeness (QED) is 0.852. The van der Waals surface area contributed by atoms with Gasteiger partial charge in [0.1, 0.15) is 5.82 Å². The topological polar surface area (TPSA) is 26.0 Å². The molecule has 1 aromatic carbocycles. The summed E-state index contributed by atoms with van der Waals surface area (Å²) in [5.74, 6) is 2.38. The molecule has 2 fully saturated rings. The maximum atomic E-state index is 12.8. The highest BCUT2D eigenvalue weighted by molar-refractivity contribution is 5.18. The zero-order chi connectivity index (χ0) is 11.8. The Morgan fingerprint density at radius 1 is 1.12 bits per heavy atom. The van der Waals surface area contributed by atoms with Gasteiger partial charge in [-0.05, 0) is 54.7 Å². The molecule has 1 aromatic rings. The van der Waals surface area contributed by atoms with Crippen molar-refractivity contribution >= 4 is 0 Å². The van der Waals surface area contributed by atoms with E-state index in [1.807, 2.05) is 12.1 Å². The van der Waals surface area contributed by atoms with Crippen LogP contribution in [0.2, 0.25) is 0 Å². The molecule has 0 radical (unpaired) electrons. The smallest absolute Gasteiger partial charge is 0.123 e. The largest absolute Gasteiger partial charge is 0.327 e. The molecule has 1 nitrogen and oxygen atoms in total. The standard InChI is InChI=1S/C15H20FN/c16-11-7-5-10(6-8-11)9-14(17)15-12-3-1-2-4-13(12)15/h5-8,12-15H,1-4,9,17H2. The first kappa shape index (κ1) is 11.2. The van der Waals surface area contributed by atoms with Gasteiger partial charge in [-0.25, -0.2) is 4.39 Å². The third-order valence-corrected chi connectivity index (χ3v) is 4.60. The number of benzene rings is 1. The van der Waals surface area contributed by atoms with Gasteiger partial charge in [-0.2, -0.15) is 0 Å². The van der Waals surface area contributed by atoms with Gasteiger partial charge in [-0.15, -0.1) is 0 Å². The van der Waals surface area contributed by atoms with Crippen LogP contribution in [-0.4, -0.2) is 6.04 Å². The summed E-state index contributed by atoms with van der Waals surface area (Å²) in [6.45, 7) is 0. The van der Waals surface area contributed by atoms with Crippen molar-refractivity contribution in [2.75, 3.05) is 0 Å². The molecular weight excluding hydrogens is 213 g/mol. The van der Waals surface area contributed by atoms with Crippen LogP contribution >= 0.6 is 0 Å². The van der Waals surface area contributed by atoms with Gasteiger partial charge in [0.2, 0.25) is 0 Å². The summed E-state index contributed by atoms with van der Waals surface area (Å²) in [6, 6.07) is 7.06. The van der Waals surface area contributed by atoms with Gasteiger partial charge in [-0.1, -0.05) is 25.0 Å². The molecule has 0 spiro atoms. The molecular formula is C15H20FN. The highest BCUT2D eigenvalue weighted by atomic mass is 19.1. The van der Waals surface area contributed by atoms with Crippen LogP contribution in [0.15, 0.2) is 24.3 Å². The molecule has 2 aliphatic carbocycles. The third-order valence-electron chi connectivity index (χ3n) is 4.60. The average molecular weight is 233 g/mol. The highest BCUT2D eigenvalue weighted by Crippen LogP contribution is 2.56. The average Bonchev–Trinajstić information content (AvgIpc) is 3.06. The van der Waals surface area contributed by atoms with Crippen molar-refractivity contribution in [1.29, 1.82) is 0 Å². The Labute approximate surface area is 102 Å². The Hall–Kier alpha value is -0.890. The Kier molecular flexibility index (Phi) is 2.91. The Morgan fingerprint density at radius 3 is 2.29 bits per heavy atom. The minimum Gasteiger partial charge on any atom is -0.327 e. The molecule has 2 heteroatoms. The van der Waals surface area contributed by atoms with E-state index in [1.165, 1.54) is 43.4 Å². The van der Waals surface area contributed by atoms with Gasteiger partial charge in [-0.3, -0.25) is 0 Å². The first-order chi connectivity index (χ1) is 8.25. The second-order valence-corrected chi connectivity index (χ2v) is 5.68.